The maximum atomic E-state index is 9.71. The van der Waals surface area contributed by atoms with E-state index in [0.29, 0.717) is 17.9 Å². The van der Waals surface area contributed by atoms with Crippen molar-refractivity contribution in [1.29, 1.82) is 0 Å². The molecule has 0 aromatic carbocycles. The van der Waals surface area contributed by atoms with Crippen LogP contribution in [-0.2, 0) is 6.61 Å². The fourth-order valence-corrected chi connectivity index (χ4v) is 4.37. The van der Waals surface area contributed by atoms with Crippen LogP contribution in [0.3, 0.4) is 0 Å². The predicted octanol–water partition coefficient (Wildman–Crippen LogP) is 4.37. The van der Waals surface area contributed by atoms with Crippen molar-refractivity contribution < 1.29 is 5.11 Å². The van der Waals surface area contributed by atoms with Crippen molar-refractivity contribution in [2.24, 2.45) is 5.92 Å². The summed E-state index contributed by atoms with van der Waals surface area (Å²) in [5, 5.41) is 13.3. The van der Waals surface area contributed by atoms with Crippen LogP contribution in [0.1, 0.15) is 56.1 Å². The summed E-state index contributed by atoms with van der Waals surface area (Å²) in [7, 11) is 0. The summed E-state index contributed by atoms with van der Waals surface area (Å²) >= 11 is 0. The Morgan fingerprint density at radius 1 is 1.22 bits per heavy atom. The van der Waals surface area contributed by atoms with Crippen LogP contribution in [0.2, 0.25) is 0 Å². The number of aromatic nitrogens is 3. The van der Waals surface area contributed by atoms with Crippen molar-refractivity contribution in [3.05, 3.63) is 47.8 Å². The van der Waals surface area contributed by atoms with Gasteiger partial charge >= 0.3 is 0 Å². The molecule has 5 rings (SSSR count). The number of nitrogens with zero attached hydrogens (tertiary/aromatic N) is 3. The molecular formula is C22H26N4O. The lowest BCUT2D eigenvalue weighted by Gasteiger charge is -2.18. The first-order valence-electron chi connectivity index (χ1n) is 10.1. The van der Waals surface area contributed by atoms with Crippen LogP contribution in [0.5, 0.6) is 0 Å². The Hall–Kier alpha value is -2.40. The van der Waals surface area contributed by atoms with Crippen molar-refractivity contribution in [2.75, 3.05) is 5.32 Å². The lowest BCUT2D eigenvalue weighted by Crippen LogP contribution is -2.22. The third kappa shape index (κ3) is 3.10. The molecule has 2 fully saturated rings. The number of hydrogen-bond donors (Lipinski definition) is 2. The van der Waals surface area contributed by atoms with Gasteiger partial charge in [0.2, 0.25) is 0 Å². The third-order valence-corrected chi connectivity index (χ3v) is 6.16. The van der Waals surface area contributed by atoms with E-state index in [0.717, 1.165) is 28.4 Å². The Bertz CT molecular complexity index is 976. The number of aliphatic hydroxyl groups is 1. The van der Waals surface area contributed by atoms with Gasteiger partial charge < -0.3 is 10.4 Å². The summed E-state index contributed by atoms with van der Waals surface area (Å²) in [6.45, 7) is 2.39. The number of imidazole rings is 1. The average Bonchev–Trinajstić information content (AvgIpc) is 3.34. The first-order valence-corrected chi connectivity index (χ1v) is 10.1. The summed E-state index contributed by atoms with van der Waals surface area (Å²) in [6.07, 6.45) is 10.3. The SMILES string of the molecule is C[C@H]1CCC[C@@H]1Nc1cccc(-c2cnc3cc(CO)c(C4CC4)cn23)n1. The van der Waals surface area contributed by atoms with Crippen LogP contribution < -0.4 is 5.32 Å². The summed E-state index contributed by atoms with van der Waals surface area (Å²) in [4.78, 5) is 9.44. The quantitative estimate of drug-likeness (QED) is 0.708. The molecule has 27 heavy (non-hydrogen) atoms. The van der Waals surface area contributed by atoms with Crippen LogP contribution in [0.4, 0.5) is 5.82 Å². The first kappa shape index (κ1) is 16.8. The molecule has 2 aliphatic rings. The van der Waals surface area contributed by atoms with Gasteiger partial charge in [0.15, 0.2) is 0 Å². The van der Waals surface area contributed by atoms with Crippen molar-refractivity contribution in [3.63, 3.8) is 0 Å². The van der Waals surface area contributed by atoms with Gasteiger partial charge in [-0.2, -0.15) is 0 Å². The highest BCUT2D eigenvalue weighted by Gasteiger charge is 2.27. The molecule has 2 atom stereocenters. The molecule has 3 aromatic rings. The second kappa shape index (κ2) is 6.64. The molecule has 3 aromatic heterocycles. The lowest BCUT2D eigenvalue weighted by molar-refractivity contribution is 0.280. The van der Waals surface area contributed by atoms with Gasteiger partial charge in [0.25, 0.3) is 0 Å². The van der Waals surface area contributed by atoms with E-state index in [1.165, 1.54) is 37.7 Å². The van der Waals surface area contributed by atoms with Gasteiger partial charge in [-0.25, -0.2) is 9.97 Å². The van der Waals surface area contributed by atoms with E-state index in [9.17, 15) is 5.11 Å². The number of fused-ring (bicyclic) bond motifs is 1. The zero-order valence-electron chi connectivity index (χ0n) is 15.7. The molecule has 5 heteroatoms. The number of pyridine rings is 2. The molecule has 0 radical (unpaired) electrons. The number of nitrogens with one attached hydrogen (secondary N) is 1. The number of aliphatic hydroxyl groups excluding tert-OH is 1. The van der Waals surface area contributed by atoms with Crippen molar-refractivity contribution in [2.45, 2.75) is 57.6 Å². The second-order valence-electron chi connectivity index (χ2n) is 8.13. The van der Waals surface area contributed by atoms with Crippen LogP contribution in [-0.4, -0.2) is 25.5 Å². The zero-order valence-corrected chi connectivity index (χ0v) is 15.7. The van der Waals surface area contributed by atoms with Gasteiger partial charge in [0, 0.05) is 12.2 Å². The Morgan fingerprint density at radius 3 is 2.85 bits per heavy atom. The maximum absolute atomic E-state index is 9.71. The van der Waals surface area contributed by atoms with E-state index in [-0.39, 0.29) is 6.61 Å². The van der Waals surface area contributed by atoms with Crippen molar-refractivity contribution >= 4 is 11.5 Å². The van der Waals surface area contributed by atoms with E-state index < -0.39 is 0 Å². The molecule has 0 spiro atoms. The molecule has 140 valence electrons. The number of rotatable bonds is 5. The monoisotopic (exact) mass is 362 g/mol. The van der Waals surface area contributed by atoms with E-state index in [1.807, 2.05) is 18.3 Å². The highest BCUT2D eigenvalue weighted by molar-refractivity contribution is 5.63. The summed E-state index contributed by atoms with van der Waals surface area (Å²) < 4.78 is 2.12. The number of hydrogen-bond acceptors (Lipinski definition) is 4. The topological polar surface area (TPSA) is 62.5 Å². The van der Waals surface area contributed by atoms with Crippen LogP contribution in [0.25, 0.3) is 17.0 Å². The van der Waals surface area contributed by atoms with Gasteiger partial charge in [0.05, 0.1) is 24.2 Å². The Kier molecular flexibility index (Phi) is 4.12. The maximum Gasteiger partial charge on any atom is 0.137 e. The Labute approximate surface area is 159 Å². The average molecular weight is 362 g/mol. The minimum Gasteiger partial charge on any atom is -0.392 e. The highest BCUT2D eigenvalue weighted by Crippen LogP contribution is 2.42. The van der Waals surface area contributed by atoms with Crippen LogP contribution >= 0.6 is 0 Å². The fourth-order valence-electron chi connectivity index (χ4n) is 4.37. The Morgan fingerprint density at radius 2 is 2.11 bits per heavy atom. The van der Waals surface area contributed by atoms with Crippen molar-refractivity contribution in [1.82, 2.24) is 14.4 Å². The predicted molar refractivity (Wildman–Crippen MR) is 107 cm³/mol. The van der Waals surface area contributed by atoms with E-state index >= 15 is 0 Å². The molecular weight excluding hydrogens is 336 g/mol. The molecule has 5 nitrogen and oxygen atoms in total. The van der Waals surface area contributed by atoms with Gasteiger partial charge in [-0.15, -0.1) is 0 Å². The first-order chi connectivity index (χ1) is 13.2. The molecule has 0 aliphatic heterocycles. The van der Waals surface area contributed by atoms with Crippen LogP contribution in [0.15, 0.2) is 36.7 Å². The van der Waals surface area contributed by atoms with Gasteiger partial charge in [-0.1, -0.05) is 19.4 Å². The van der Waals surface area contributed by atoms with E-state index in [1.54, 1.807) is 0 Å². The van der Waals surface area contributed by atoms with E-state index in [4.69, 9.17) is 4.98 Å². The van der Waals surface area contributed by atoms with E-state index in [2.05, 4.69) is 40.0 Å². The summed E-state index contributed by atoms with van der Waals surface area (Å²) in [5.41, 5.74) is 5.04. The van der Waals surface area contributed by atoms with Gasteiger partial charge in [-0.05, 0) is 66.8 Å². The van der Waals surface area contributed by atoms with Gasteiger partial charge in [0.1, 0.15) is 11.5 Å². The fraction of sp³-hybridized carbons (Fsp3) is 0.455. The Balaban J connectivity index is 1.51. The summed E-state index contributed by atoms with van der Waals surface area (Å²) in [6, 6.07) is 8.69. The van der Waals surface area contributed by atoms with Gasteiger partial charge in [-0.3, -0.25) is 4.40 Å². The summed E-state index contributed by atoms with van der Waals surface area (Å²) in [5.74, 6) is 2.22. The molecule has 2 saturated carbocycles. The van der Waals surface area contributed by atoms with Crippen LogP contribution in [0, 0.1) is 5.92 Å². The second-order valence-corrected chi connectivity index (χ2v) is 8.13. The minimum absolute atomic E-state index is 0.0712. The normalized spacial score (nSPS) is 22.4. The molecule has 0 bridgehead atoms. The zero-order chi connectivity index (χ0) is 18.4. The molecule has 0 unspecified atom stereocenters. The molecule has 2 N–H and O–H groups in total. The molecule has 0 amide bonds. The number of anilines is 1. The molecule has 0 saturated heterocycles. The lowest BCUT2D eigenvalue weighted by atomic mass is 10.1. The molecule has 2 aliphatic carbocycles. The van der Waals surface area contributed by atoms with Crippen molar-refractivity contribution in [3.8, 4) is 11.4 Å². The standard InChI is InChI=1S/C22H26N4O/c1-14-4-2-5-18(14)24-21-7-3-6-19(25-21)20-11-23-22-10-16(13-27)17(12-26(20)22)15-8-9-15/h3,6-7,10-12,14-15,18,27H,2,4-5,8-9,13H2,1H3,(H,24,25)/t14-,18-/m0/s1. The smallest absolute Gasteiger partial charge is 0.137 e. The third-order valence-electron chi connectivity index (χ3n) is 6.16. The highest BCUT2D eigenvalue weighted by atomic mass is 16.3. The largest absolute Gasteiger partial charge is 0.392 e. The molecule has 3 heterocycles. The minimum atomic E-state index is 0.0712.